The van der Waals surface area contributed by atoms with Crippen LogP contribution in [0.2, 0.25) is 0 Å². The first-order valence-corrected chi connectivity index (χ1v) is 11.3. The van der Waals surface area contributed by atoms with Crippen LogP contribution in [-0.2, 0) is 10.0 Å². The van der Waals surface area contributed by atoms with Gasteiger partial charge in [0.1, 0.15) is 10.0 Å². The molecular weight excluding hydrogens is 410 g/mol. The second-order valence-electron chi connectivity index (χ2n) is 6.02. The normalized spacial score (nSPS) is 12.9. The molecule has 0 bridgehead atoms. The Balaban J connectivity index is 2.22. The summed E-state index contributed by atoms with van der Waals surface area (Å²) in [6, 6.07) is 3.56. The Morgan fingerprint density at radius 3 is 2.74 bits per heavy atom. The molecule has 0 saturated carbocycles. The van der Waals surface area contributed by atoms with E-state index in [-0.39, 0.29) is 22.3 Å². The highest BCUT2D eigenvalue weighted by molar-refractivity contribution is 8.01. The monoisotopic (exact) mass is 431 g/mol. The van der Waals surface area contributed by atoms with Crippen molar-refractivity contribution in [2.24, 2.45) is 5.14 Å². The molecule has 0 radical (unpaired) electrons. The number of nitro groups is 1. The number of hydrogen-bond acceptors (Lipinski definition) is 9. The topological polar surface area (TPSA) is 131 Å². The SMILES string of the molecule is CN(C)CC[C@H](CSc1nccs1)Nc1ccc(S(N)(=O)=O)cc1[N+](=O)[O-]. The van der Waals surface area contributed by atoms with Crippen molar-refractivity contribution in [1.82, 2.24) is 9.88 Å². The minimum Gasteiger partial charge on any atom is -0.376 e. The van der Waals surface area contributed by atoms with Gasteiger partial charge in [-0.25, -0.2) is 18.5 Å². The van der Waals surface area contributed by atoms with Gasteiger partial charge in [0.15, 0.2) is 0 Å². The van der Waals surface area contributed by atoms with Crippen molar-refractivity contribution >= 4 is 44.5 Å². The number of benzene rings is 1. The average molecular weight is 432 g/mol. The average Bonchev–Trinajstić information content (AvgIpc) is 3.09. The van der Waals surface area contributed by atoms with Crippen molar-refractivity contribution in [3.8, 4) is 0 Å². The maximum Gasteiger partial charge on any atom is 0.293 e. The molecule has 1 aromatic heterocycles. The zero-order chi connectivity index (χ0) is 20.0. The fraction of sp³-hybridized carbons (Fsp3) is 0.400. The van der Waals surface area contributed by atoms with Gasteiger partial charge in [0.25, 0.3) is 5.69 Å². The van der Waals surface area contributed by atoms with Gasteiger partial charge in [-0.2, -0.15) is 0 Å². The third-order valence-electron chi connectivity index (χ3n) is 3.60. The number of hydrogen-bond donors (Lipinski definition) is 2. The summed E-state index contributed by atoms with van der Waals surface area (Å²) in [5.74, 6) is 0.662. The van der Waals surface area contributed by atoms with Crippen LogP contribution in [-0.4, -0.2) is 55.7 Å². The zero-order valence-electron chi connectivity index (χ0n) is 14.9. The number of anilines is 1. The van der Waals surface area contributed by atoms with E-state index in [1.807, 2.05) is 24.4 Å². The van der Waals surface area contributed by atoms with Gasteiger partial charge in [0.2, 0.25) is 10.0 Å². The van der Waals surface area contributed by atoms with Crippen molar-refractivity contribution in [3.63, 3.8) is 0 Å². The van der Waals surface area contributed by atoms with Crippen LogP contribution in [0.3, 0.4) is 0 Å². The van der Waals surface area contributed by atoms with Gasteiger partial charge >= 0.3 is 0 Å². The summed E-state index contributed by atoms with van der Waals surface area (Å²) < 4.78 is 23.9. The Hall–Kier alpha value is -1.73. The highest BCUT2D eigenvalue weighted by atomic mass is 32.2. The standard InChI is InChI=1S/C15H21N5O4S3/c1-19(2)7-5-11(10-26-15-17-6-8-25-15)18-13-4-3-12(27(16,23)24)9-14(13)20(21)22/h3-4,6,8-9,11,18H,5,7,10H2,1-2H3,(H2,16,23,24)/t11-/m1/s1. The molecule has 0 saturated heterocycles. The molecule has 2 rings (SSSR count). The first-order chi connectivity index (χ1) is 12.7. The zero-order valence-corrected chi connectivity index (χ0v) is 17.3. The summed E-state index contributed by atoms with van der Waals surface area (Å²) in [5, 5.41) is 21.5. The lowest BCUT2D eigenvalue weighted by molar-refractivity contribution is -0.384. The van der Waals surface area contributed by atoms with Crippen LogP contribution < -0.4 is 10.5 Å². The van der Waals surface area contributed by atoms with Gasteiger partial charge in [-0.3, -0.25) is 10.1 Å². The highest BCUT2D eigenvalue weighted by Gasteiger charge is 2.21. The van der Waals surface area contributed by atoms with Gasteiger partial charge in [-0.05, 0) is 39.2 Å². The number of thiazole rings is 1. The number of nitrogens with one attached hydrogen (secondary N) is 1. The number of thioether (sulfide) groups is 1. The van der Waals surface area contributed by atoms with Crippen molar-refractivity contribution < 1.29 is 13.3 Å². The summed E-state index contributed by atoms with van der Waals surface area (Å²) in [6.45, 7) is 0.791. The summed E-state index contributed by atoms with van der Waals surface area (Å²) in [5.41, 5.74) is -0.0634. The molecule has 0 aliphatic heterocycles. The molecule has 0 amide bonds. The molecule has 3 N–H and O–H groups in total. The predicted octanol–water partition coefficient (Wildman–Crippen LogP) is 2.22. The smallest absolute Gasteiger partial charge is 0.293 e. The van der Waals surface area contributed by atoms with E-state index in [0.29, 0.717) is 5.75 Å². The summed E-state index contributed by atoms with van der Waals surface area (Å²) >= 11 is 3.10. The molecule has 1 heterocycles. The Morgan fingerprint density at radius 1 is 1.44 bits per heavy atom. The molecule has 0 unspecified atom stereocenters. The third kappa shape index (κ3) is 6.74. The Kier molecular flexibility index (Phi) is 7.56. The predicted molar refractivity (Wildman–Crippen MR) is 108 cm³/mol. The lowest BCUT2D eigenvalue weighted by Gasteiger charge is -2.21. The molecule has 12 heteroatoms. The molecule has 0 spiro atoms. The summed E-state index contributed by atoms with van der Waals surface area (Å²) in [4.78, 5) is 16.8. The van der Waals surface area contributed by atoms with Crippen LogP contribution in [0.5, 0.6) is 0 Å². The van der Waals surface area contributed by atoms with Gasteiger partial charge in [-0.15, -0.1) is 11.3 Å². The fourth-order valence-electron chi connectivity index (χ4n) is 2.25. The quantitative estimate of drug-likeness (QED) is 0.332. The molecule has 1 aromatic carbocycles. The lowest BCUT2D eigenvalue weighted by atomic mass is 10.2. The van der Waals surface area contributed by atoms with Crippen LogP contribution in [0, 0.1) is 10.1 Å². The van der Waals surface area contributed by atoms with E-state index in [1.165, 1.54) is 23.5 Å². The Bertz CT molecular complexity index is 872. The molecule has 2 aromatic rings. The van der Waals surface area contributed by atoms with Crippen LogP contribution in [0.15, 0.2) is 39.0 Å². The van der Waals surface area contributed by atoms with Crippen LogP contribution in [0.4, 0.5) is 11.4 Å². The van der Waals surface area contributed by atoms with Gasteiger partial charge in [0, 0.05) is 29.4 Å². The molecule has 0 aliphatic carbocycles. The van der Waals surface area contributed by atoms with Crippen molar-refractivity contribution in [3.05, 3.63) is 39.9 Å². The Morgan fingerprint density at radius 2 is 2.19 bits per heavy atom. The first-order valence-electron chi connectivity index (χ1n) is 7.91. The number of primary sulfonamides is 1. The molecule has 1 atom stereocenters. The van der Waals surface area contributed by atoms with E-state index in [0.717, 1.165) is 23.4 Å². The van der Waals surface area contributed by atoms with E-state index in [4.69, 9.17) is 5.14 Å². The molecule has 148 valence electrons. The molecule has 27 heavy (non-hydrogen) atoms. The van der Waals surface area contributed by atoms with Crippen molar-refractivity contribution in [2.45, 2.75) is 21.7 Å². The molecule has 0 fully saturated rings. The third-order valence-corrected chi connectivity index (χ3v) is 6.64. The molecule has 0 aliphatic rings. The van der Waals surface area contributed by atoms with Crippen molar-refractivity contribution in [2.75, 3.05) is 31.7 Å². The van der Waals surface area contributed by atoms with Crippen LogP contribution >= 0.6 is 23.1 Å². The Labute approximate surface area is 166 Å². The van der Waals surface area contributed by atoms with Crippen molar-refractivity contribution in [1.29, 1.82) is 0 Å². The van der Waals surface area contributed by atoms with E-state index in [2.05, 4.69) is 10.3 Å². The van der Waals surface area contributed by atoms with Gasteiger partial charge in [-0.1, -0.05) is 11.8 Å². The lowest BCUT2D eigenvalue weighted by Crippen LogP contribution is -2.28. The van der Waals surface area contributed by atoms with E-state index < -0.39 is 14.9 Å². The van der Waals surface area contributed by atoms with Gasteiger partial charge < -0.3 is 10.2 Å². The van der Waals surface area contributed by atoms with Gasteiger partial charge in [0.05, 0.1) is 9.82 Å². The number of nitro benzene ring substituents is 1. The summed E-state index contributed by atoms with van der Waals surface area (Å²) in [6.07, 6.45) is 2.48. The number of nitrogens with two attached hydrogens (primary N) is 1. The van der Waals surface area contributed by atoms with Crippen LogP contribution in [0.1, 0.15) is 6.42 Å². The largest absolute Gasteiger partial charge is 0.376 e. The fourth-order valence-corrected chi connectivity index (χ4v) is 4.51. The van der Waals surface area contributed by atoms with Crippen LogP contribution in [0.25, 0.3) is 0 Å². The molecule has 9 nitrogen and oxygen atoms in total. The minimum absolute atomic E-state index is 0.0691. The number of rotatable bonds is 10. The minimum atomic E-state index is -4.02. The molecular formula is C15H21N5O4S3. The van der Waals surface area contributed by atoms with E-state index >= 15 is 0 Å². The second kappa shape index (κ2) is 9.46. The number of aromatic nitrogens is 1. The van der Waals surface area contributed by atoms with E-state index in [1.54, 1.807) is 18.0 Å². The highest BCUT2D eigenvalue weighted by Crippen LogP contribution is 2.29. The number of sulfonamides is 1. The van der Waals surface area contributed by atoms with E-state index in [9.17, 15) is 18.5 Å². The maximum absolute atomic E-state index is 11.5. The maximum atomic E-state index is 11.5. The second-order valence-corrected chi connectivity index (χ2v) is 9.75. The number of nitrogens with zero attached hydrogens (tertiary/aromatic N) is 3. The first kappa shape index (κ1) is 21.6. The summed E-state index contributed by atoms with van der Waals surface area (Å²) in [7, 11) is -0.110.